The number of carbonyl (C=O) groups excluding carboxylic acids is 1. The number of aliphatic hydroxyl groups excluding tert-OH is 1. The summed E-state index contributed by atoms with van der Waals surface area (Å²) in [6.07, 6.45) is 2.43. The van der Waals surface area contributed by atoms with Gasteiger partial charge in [0.2, 0.25) is 0 Å². The normalized spacial score (nSPS) is 23.2. The van der Waals surface area contributed by atoms with Crippen molar-refractivity contribution in [3.63, 3.8) is 0 Å². The molecule has 2 atom stereocenters. The number of aromatic nitrogens is 1. The van der Waals surface area contributed by atoms with Crippen LogP contribution in [0, 0.1) is 5.92 Å². The number of amides is 1. The van der Waals surface area contributed by atoms with Crippen LogP contribution in [-0.4, -0.2) is 40.1 Å². The smallest absolute Gasteiger partial charge is 0.272 e. The van der Waals surface area contributed by atoms with Crippen LogP contribution in [0.15, 0.2) is 18.3 Å². The van der Waals surface area contributed by atoms with Crippen LogP contribution >= 0.6 is 0 Å². The number of pyridine rings is 1. The number of nitrogen functional groups attached to an aromatic ring is 1. The summed E-state index contributed by atoms with van der Waals surface area (Å²) in [7, 11) is 0. The zero-order valence-corrected chi connectivity index (χ0v) is 10.3. The minimum atomic E-state index is -0.137. The average Bonchev–Trinajstić information content (AvgIpc) is 2.79. The molecule has 4 N–H and O–H groups in total. The fraction of sp³-hybridized carbons (Fsp3) is 0.500. The Hall–Kier alpha value is -1.66. The molecule has 0 aliphatic carbocycles. The minimum Gasteiger partial charge on any atom is -0.394 e. The van der Waals surface area contributed by atoms with Gasteiger partial charge in [-0.3, -0.25) is 10.6 Å². The summed E-state index contributed by atoms with van der Waals surface area (Å²) >= 11 is 0. The van der Waals surface area contributed by atoms with E-state index in [1.807, 2.05) is 6.92 Å². The van der Waals surface area contributed by atoms with Crippen molar-refractivity contribution in [3.8, 4) is 0 Å². The molecule has 2 unspecified atom stereocenters. The lowest BCUT2D eigenvalue weighted by atomic mass is 10.0. The maximum atomic E-state index is 12.3. The molecule has 0 saturated carbocycles. The monoisotopic (exact) mass is 250 g/mol. The Bertz CT molecular complexity index is 421. The van der Waals surface area contributed by atoms with Gasteiger partial charge in [0.25, 0.3) is 5.91 Å². The molecule has 0 aromatic carbocycles. The third-order valence-corrected chi connectivity index (χ3v) is 3.48. The molecule has 18 heavy (non-hydrogen) atoms. The number of rotatable bonds is 3. The van der Waals surface area contributed by atoms with Crippen LogP contribution in [0.5, 0.6) is 0 Å². The van der Waals surface area contributed by atoms with Gasteiger partial charge in [-0.25, -0.2) is 4.98 Å². The lowest BCUT2D eigenvalue weighted by molar-refractivity contribution is 0.0642. The van der Waals surface area contributed by atoms with Gasteiger partial charge in [-0.2, -0.15) is 0 Å². The van der Waals surface area contributed by atoms with E-state index in [9.17, 15) is 9.90 Å². The van der Waals surface area contributed by atoms with Crippen molar-refractivity contribution < 1.29 is 9.90 Å². The Labute approximate surface area is 106 Å². The summed E-state index contributed by atoms with van der Waals surface area (Å²) in [4.78, 5) is 18.0. The number of hydrazine groups is 1. The second kappa shape index (κ2) is 5.32. The molecule has 1 aliphatic rings. The SMILES string of the molecule is CC1CCN(C(=O)c2ccc(NN)cn2)C1CO. The molecular weight excluding hydrogens is 232 g/mol. The third kappa shape index (κ3) is 2.30. The number of hydrogen-bond donors (Lipinski definition) is 3. The number of nitrogens with one attached hydrogen (secondary N) is 1. The highest BCUT2D eigenvalue weighted by atomic mass is 16.3. The summed E-state index contributed by atoms with van der Waals surface area (Å²) in [6.45, 7) is 2.71. The van der Waals surface area contributed by atoms with E-state index in [4.69, 9.17) is 5.84 Å². The highest BCUT2D eigenvalue weighted by Gasteiger charge is 2.34. The van der Waals surface area contributed by atoms with Gasteiger partial charge in [-0.15, -0.1) is 0 Å². The standard InChI is InChI=1S/C12H18N4O2/c1-8-4-5-16(11(8)7-17)12(18)10-3-2-9(15-13)6-14-10/h2-3,6,8,11,15,17H,4-5,7,13H2,1H3. The van der Waals surface area contributed by atoms with E-state index in [1.165, 1.54) is 6.20 Å². The van der Waals surface area contributed by atoms with Gasteiger partial charge in [-0.05, 0) is 24.5 Å². The Kier molecular flexibility index (Phi) is 3.78. The minimum absolute atomic E-state index is 0.00462. The number of anilines is 1. The maximum Gasteiger partial charge on any atom is 0.272 e. The number of nitrogens with zero attached hydrogens (tertiary/aromatic N) is 2. The number of nitrogens with two attached hydrogens (primary N) is 1. The predicted octanol–water partition coefficient (Wildman–Crippen LogP) is 0.210. The van der Waals surface area contributed by atoms with Crippen molar-refractivity contribution in [3.05, 3.63) is 24.0 Å². The second-order valence-electron chi connectivity index (χ2n) is 4.59. The van der Waals surface area contributed by atoms with E-state index in [2.05, 4.69) is 10.4 Å². The first-order chi connectivity index (χ1) is 8.67. The van der Waals surface area contributed by atoms with Crippen LogP contribution in [0.1, 0.15) is 23.8 Å². The lowest BCUT2D eigenvalue weighted by Crippen LogP contribution is -2.40. The van der Waals surface area contributed by atoms with Crippen LogP contribution < -0.4 is 11.3 Å². The van der Waals surface area contributed by atoms with Gasteiger partial charge in [-0.1, -0.05) is 6.92 Å². The molecule has 1 saturated heterocycles. The largest absolute Gasteiger partial charge is 0.394 e. The fourth-order valence-electron chi connectivity index (χ4n) is 2.29. The number of likely N-dealkylation sites (tertiary alicyclic amines) is 1. The highest BCUT2D eigenvalue weighted by Crippen LogP contribution is 2.25. The number of aliphatic hydroxyl groups is 1. The summed E-state index contributed by atoms with van der Waals surface area (Å²) in [6, 6.07) is 3.23. The molecule has 1 aromatic rings. The van der Waals surface area contributed by atoms with Gasteiger partial charge in [0.15, 0.2) is 0 Å². The van der Waals surface area contributed by atoms with Crippen molar-refractivity contribution in [1.29, 1.82) is 0 Å². The Morgan fingerprint density at radius 2 is 2.44 bits per heavy atom. The summed E-state index contributed by atoms with van der Waals surface area (Å²) in [5.41, 5.74) is 3.49. The van der Waals surface area contributed by atoms with Crippen LogP contribution in [-0.2, 0) is 0 Å². The average molecular weight is 250 g/mol. The first-order valence-corrected chi connectivity index (χ1v) is 6.02. The Morgan fingerprint density at radius 1 is 1.67 bits per heavy atom. The molecule has 2 heterocycles. The molecule has 1 amide bonds. The van der Waals surface area contributed by atoms with Crippen LogP contribution in [0.4, 0.5) is 5.69 Å². The summed E-state index contributed by atoms with van der Waals surface area (Å²) in [5.74, 6) is 5.43. The lowest BCUT2D eigenvalue weighted by Gasteiger charge is -2.24. The molecule has 0 radical (unpaired) electrons. The molecule has 0 bridgehead atoms. The number of hydrogen-bond acceptors (Lipinski definition) is 5. The van der Waals surface area contributed by atoms with E-state index < -0.39 is 0 Å². The molecule has 1 aromatic heterocycles. The first kappa shape index (κ1) is 12.8. The van der Waals surface area contributed by atoms with Gasteiger partial charge >= 0.3 is 0 Å². The van der Waals surface area contributed by atoms with E-state index >= 15 is 0 Å². The molecular formula is C12H18N4O2. The van der Waals surface area contributed by atoms with Crippen LogP contribution in [0.25, 0.3) is 0 Å². The highest BCUT2D eigenvalue weighted by molar-refractivity contribution is 5.93. The Morgan fingerprint density at radius 3 is 3.00 bits per heavy atom. The predicted molar refractivity (Wildman–Crippen MR) is 67.7 cm³/mol. The van der Waals surface area contributed by atoms with Crippen LogP contribution in [0.3, 0.4) is 0 Å². The molecule has 2 rings (SSSR count). The second-order valence-corrected chi connectivity index (χ2v) is 4.59. The van der Waals surface area contributed by atoms with Crippen molar-refractivity contribution in [2.75, 3.05) is 18.6 Å². The maximum absolute atomic E-state index is 12.3. The van der Waals surface area contributed by atoms with E-state index in [-0.39, 0.29) is 18.6 Å². The molecule has 6 heteroatoms. The van der Waals surface area contributed by atoms with Crippen LogP contribution in [0.2, 0.25) is 0 Å². The molecule has 0 spiro atoms. The molecule has 1 aliphatic heterocycles. The van der Waals surface area contributed by atoms with Crippen molar-refractivity contribution >= 4 is 11.6 Å². The molecule has 98 valence electrons. The summed E-state index contributed by atoms with van der Waals surface area (Å²) in [5, 5.41) is 9.34. The number of carbonyl (C=O) groups is 1. The third-order valence-electron chi connectivity index (χ3n) is 3.48. The van der Waals surface area contributed by atoms with E-state index in [1.54, 1.807) is 17.0 Å². The Balaban J connectivity index is 2.15. The molecule has 6 nitrogen and oxygen atoms in total. The summed E-state index contributed by atoms with van der Waals surface area (Å²) < 4.78 is 0. The van der Waals surface area contributed by atoms with Gasteiger partial charge in [0.1, 0.15) is 5.69 Å². The fourth-order valence-corrected chi connectivity index (χ4v) is 2.29. The first-order valence-electron chi connectivity index (χ1n) is 6.02. The van der Waals surface area contributed by atoms with E-state index in [0.717, 1.165) is 6.42 Å². The van der Waals surface area contributed by atoms with Crippen molar-refractivity contribution in [1.82, 2.24) is 9.88 Å². The quantitative estimate of drug-likeness (QED) is 0.527. The topological polar surface area (TPSA) is 91.5 Å². The van der Waals surface area contributed by atoms with Gasteiger partial charge < -0.3 is 15.4 Å². The zero-order chi connectivity index (χ0) is 13.1. The van der Waals surface area contributed by atoms with Crippen molar-refractivity contribution in [2.45, 2.75) is 19.4 Å². The van der Waals surface area contributed by atoms with E-state index in [0.29, 0.717) is 23.8 Å². The van der Waals surface area contributed by atoms with Gasteiger partial charge in [0.05, 0.1) is 24.5 Å². The zero-order valence-electron chi connectivity index (χ0n) is 10.3. The van der Waals surface area contributed by atoms with Gasteiger partial charge in [0, 0.05) is 6.54 Å². The van der Waals surface area contributed by atoms with Crippen molar-refractivity contribution in [2.24, 2.45) is 11.8 Å². The molecule has 1 fully saturated rings.